The lowest BCUT2D eigenvalue weighted by Crippen LogP contribution is -2.58. The van der Waals surface area contributed by atoms with Gasteiger partial charge in [0.2, 0.25) is 5.91 Å². The number of anilines is 1. The van der Waals surface area contributed by atoms with E-state index in [2.05, 4.69) is 30.8 Å². The lowest BCUT2D eigenvalue weighted by molar-refractivity contribution is -0.137. The fraction of sp³-hybridized carbons (Fsp3) is 0.429. The van der Waals surface area contributed by atoms with Gasteiger partial charge in [-0.3, -0.25) is 19.2 Å². The van der Waals surface area contributed by atoms with E-state index < -0.39 is 35.7 Å². The lowest BCUT2D eigenvalue weighted by atomic mass is 10.1. The average molecular weight is 508 g/mol. The van der Waals surface area contributed by atoms with Gasteiger partial charge >= 0.3 is 11.8 Å². The highest BCUT2D eigenvalue weighted by molar-refractivity contribution is 7.13. The third-order valence-corrected chi connectivity index (χ3v) is 6.45. The highest BCUT2D eigenvalue weighted by atomic mass is 35.5. The van der Waals surface area contributed by atoms with Crippen LogP contribution in [0.2, 0.25) is 5.02 Å². The molecule has 3 heterocycles. The number of pyridine rings is 1. The van der Waals surface area contributed by atoms with E-state index in [4.69, 9.17) is 11.6 Å². The molecule has 0 aliphatic carbocycles. The molecule has 0 saturated heterocycles. The predicted molar refractivity (Wildman–Crippen MR) is 128 cm³/mol. The van der Waals surface area contributed by atoms with Crippen molar-refractivity contribution < 1.29 is 19.2 Å². The van der Waals surface area contributed by atoms with Crippen LogP contribution >= 0.6 is 22.9 Å². The molecule has 3 rings (SSSR count). The Hall–Kier alpha value is -3.09. The third-order valence-electron chi connectivity index (χ3n) is 5.14. The highest BCUT2D eigenvalue weighted by Gasteiger charge is 2.32. The van der Waals surface area contributed by atoms with Gasteiger partial charge in [-0.05, 0) is 26.1 Å². The maximum absolute atomic E-state index is 12.9. The van der Waals surface area contributed by atoms with Gasteiger partial charge in [0.05, 0.1) is 16.8 Å². The van der Waals surface area contributed by atoms with Gasteiger partial charge in [-0.1, -0.05) is 11.6 Å². The number of aromatic nitrogens is 2. The second kappa shape index (κ2) is 10.9. The third kappa shape index (κ3) is 6.27. The molecule has 0 aromatic carbocycles. The topological polar surface area (TPSA) is 137 Å². The molecule has 0 radical (unpaired) electrons. The molecule has 13 heteroatoms. The Kier molecular flexibility index (Phi) is 8.18. The molecule has 0 unspecified atom stereocenters. The van der Waals surface area contributed by atoms with Crippen LogP contribution in [0.5, 0.6) is 0 Å². The Labute approximate surface area is 205 Å². The predicted octanol–water partition coefficient (Wildman–Crippen LogP) is 0.509. The molecule has 0 fully saturated rings. The van der Waals surface area contributed by atoms with Crippen LogP contribution in [-0.2, 0) is 27.3 Å². The van der Waals surface area contributed by atoms with Crippen molar-refractivity contribution in [3.8, 4) is 0 Å². The van der Waals surface area contributed by atoms with E-state index in [1.54, 1.807) is 0 Å². The first-order chi connectivity index (χ1) is 16.0. The monoisotopic (exact) mass is 507 g/mol. The van der Waals surface area contributed by atoms with E-state index in [-0.39, 0.29) is 10.8 Å². The standard InChI is InChI=1S/C21H26ClN7O4S/c1-11(24-17(30)18(31)26-15-6-5-12(22)9-23-15)16(21(33)28(2)3)27-19(32)20-25-13-7-8-29(4)10-14(13)34-20/h5-6,9,11,16H,7-8,10H2,1-4H3,(H,24,30)(H,27,32)(H,23,26,31)/t11-,16+/m1/s1. The van der Waals surface area contributed by atoms with Crippen LogP contribution in [-0.4, -0.2) is 83.2 Å². The molecule has 2 aromatic rings. The van der Waals surface area contributed by atoms with Crippen LogP contribution in [0, 0.1) is 0 Å². The zero-order valence-corrected chi connectivity index (χ0v) is 20.8. The van der Waals surface area contributed by atoms with E-state index in [0.717, 1.165) is 23.5 Å². The molecular formula is C21H26ClN7O4S. The van der Waals surface area contributed by atoms with E-state index in [1.165, 1.54) is 55.6 Å². The van der Waals surface area contributed by atoms with Crippen LogP contribution in [0.4, 0.5) is 5.82 Å². The maximum Gasteiger partial charge on any atom is 0.314 e. The Morgan fingerprint density at radius 3 is 2.56 bits per heavy atom. The largest absolute Gasteiger partial charge is 0.347 e. The van der Waals surface area contributed by atoms with Gasteiger partial charge in [-0.2, -0.15) is 0 Å². The second-order valence-electron chi connectivity index (χ2n) is 8.14. The molecule has 2 atom stereocenters. The van der Waals surface area contributed by atoms with Crippen LogP contribution < -0.4 is 16.0 Å². The van der Waals surface area contributed by atoms with Crippen molar-refractivity contribution in [1.29, 1.82) is 0 Å². The highest BCUT2D eigenvalue weighted by Crippen LogP contribution is 2.24. The van der Waals surface area contributed by atoms with E-state index in [1.807, 2.05) is 7.05 Å². The summed E-state index contributed by atoms with van der Waals surface area (Å²) in [6.45, 7) is 3.10. The Morgan fingerprint density at radius 2 is 1.91 bits per heavy atom. The fourth-order valence-corrected chi connectivity index (χ4v) is 4.48. The first kappa shape index (κ1) is 25.5. The van der Waals surface area contributed by atoms with Gasteiger partial charge in [-0.25, -0.2) is 9.97 Å². The zero-order chi connectivity index (χ0) is 25.0. The van der Waals surface area contributed by atoms with Crippen LogP contribution in [0.3, 0.4) is 0 Å². The summed E-state index contributed by atoms with van der Waals surface area (Å²) in [6.07, 6.45) is 2.08. The number of nitrogens with zero attached hydrogens (tertiary/aromatic N) is 4. The normalized spacial score (nSPS) is 15.0. The lowest BCUT2D eigenvalue weighted by Gasteiger charge is -2.27. The van der Waals surface area contributed by atoms with Crippen molar-refractivity contribution in [2.75, 3.05) is 33.0 Å². The van der Waals surface area contributed by atoms with Gasteiger partial charge < -0.3 is 25.8 Å². The summed E-state index contributed by atoms with van der Waals surface area (Å²) >= 11 is 7.05. The minimum atomic E-state index is -1.11. The molecule has 4 amide bonds. The second-order valence-corrected chi connectivity index (χ2v) is 9.66. The number of nitrogens with one attached hydrogen (secondary N) is 3. The van der Waals surface area contributed by atoms with Crippen LogP contribution in [0.15, 0.2) is 18.3 Å². The molecule has 34 heavy (non-hydrogen) atoms. The summed E-state index contributed by atoms with van der Waals surface area (Å²) in [6, 6.07) is 0.953. The van der Waals surface area contributed by atoms with Crippen molar-refractivity contribution >= 4 is 52.4 Å². The van der Waals surface area contributed by atoms with Crippen molar-refractivity contribution in [3.05, 3.63) is 38.9 Å². The summed E-state index contributed by atoms with van der Waals surface area (Å²) in [5, 5.41) is 8.11. The van der Waals surface area contributed by atoms with E-state index in [9.17, 15) is 19.2 Å². The van der Waals surface area contributed by atoms with Gasteiger partial charge in [0.1, 0.15) is 11.9 Å². The molecule has 3 N–H and O–H groups in total. The molecule has 1 aliphatic heterocycles. The van der Waals surface area contributed by atoms with Crippen LogP contribution in [0.1, 0.15) is 27.3 Å². The summed E-state index contributed by atoms with van der Waals surface area (Å²) in [4.78, 5) is 63.1. The van der Waals surface area contributed by atoms with Gasteiger partial charge in [0.15, 0.2) is 5.01 Å². The summed E-state index contributed by atoms with van der Waals surface area (Å²) < 4.78 is 0. The van der Waals surface area contributed by atoms with Crippen molar-refractivity contribution in [3.63, 3.8) is 0 Å². The Bertz CT molecular complexity index is 1090. The number of hydrogen-bond donors (Lipinski definition) is 3. The molecular weight excluding hydrogens is 482 g/mol. The number of fused-ring (bicyclic) bond motifs is 1. The summed E-state index contributed by atoms with van der Waals surface area (Å²) in [5.41, 5.74) is 0.887. The minimum Gasteiger partial charge on any atom is -0.347 e. The first-order valence-electron chi connectivity index (χ1n) is 10.5. The van der Waals surface area contributed by atoms with Crippen LogP contribution in [0.25, 0.3) is 0 Å². The quantitative estimate of drug-likeness (QED) is 0.484. The van der Waals surface area contributed by atoms with Gasteiger partial charge in [-0.15, -0.1) is 11.3 Å². The average Bonchev–Trinajstić information content (AvgIpc) is 3.21. The number of hydrogen-bond acceptors (Lipinski definition) is 8. The molecule has 0 bridgehead atoms. The number of likely N-dealkylation sites (N-methyl/N-ethyl adjacent to an activating group) is 2. The SMILES string of the molecule is C[C@@H](NC(=O)C(=O)Nc1ccc(Cl)cn1)[C@H](NC(=O)c1nc2c(s1)CN(C)CC2)C(=O)N(C)C. The van der Waals surface area contributed by atoms with Gasteiger partial charge in [0, 0.05) is 44.7 Å². The molecule has 2 aromatic heterocycles. The molecule has 0 saturated carbocycles. The number of amides is 4. The first-order valence-corrected chi connectivity index (χ1v) is 11.7. The Morgan fingerprint density at radius 1 is 1.18 bits per heavy atom. The molecule has 11 nitrogen and oxygen atoms in total. The number of rotatable bonds is 6. The molecule has 0 spiro atoms. The van der Waals surface area contributed by atoms with E-state index in [0.29, 0.717) is 11.6 Å². The van der Waals surface area contributed by atoms with Crippen molar-refractivity contribution in [1.82, 2.24) is 30.4 Å². The van der Waals surface area contributed by atoms with Gasteiger partial charge in [0.25, 0.3) is 5.91 Å². The van der Waals surface area contributed by atoms with E-state index >= 15 is 0 Å². The molecule has 1 aliphatic rings. The fourth-order valence-electron chi connectivity index (χ4n) is 3.28. The Balaban J connectivity index is 1.68. The van der Waals surface area contributed by atoms with Crippen molar-refractivity contribution in [2.24, 2.45) is 0 Å². The number of carbonyl (C=O) groups is 4. The summed E-state index contributed by atoms with van der Waals surface area (Å²) in [7, 11) is 5.07. The number of halogens is 1. The van der Waals surface area contributed by atoms with Crippen molar-refractivity contribution in [2.45, 2.75) is 32.0 Å². The maximum atomic E-state index is 12.9. The summed E-state index contributed by atoms with van der Waals surface area (Å²) in [5.74, 6) is -2.77. The zero-order valence-electron chi connectivity index (χ0n) is 19.2. The smallest absolute Gasteiger partial charge is 0.314 e. The minimum absolute atomic E-state index is 0.143. The molecule has 182 valence electrons. The number of thiazole rings is 1. The number of carbonyl (C=O) groups excluding carboxylic acids is 4.